The van der Waals surface area contributed by atoms with Crippen molar-refractivity contribution < 1.29 is 33.0 Å². The van der Waals surface area contributed by atoms with Gasteiger partial charge in [-0.3, -0.25) is 4.79 Å². The summed E-state index contributed by atoms with van der Waals surface area (Å²) in [6.07, 6.45) is 1.71. The molecule has 0 saturated carbocycles. The lowest BCUT2D eigenvalue weighted by molar-refractivity contribution is -0.160. The second-order valence-electron chi connectivity index (χ2n) is 12.5. The molecule has 1 atom stereocenters. The van der Waals surface area contributed by atoms with Gasteiger partial charge in [0, 0.05) is 29.6 Å². The highest BCUT2D eigenvalue weighted by atomic mass is 19.1. The average molecular weight is 586 g/mol. The number of amides is 1. The van der Waals surface area contributed by atoms with E-state index in [0.29, 0.717) is 54.0 Å². The van der Waals surface area contributed by atoms with Gasteiger partial charge in [0.25, 0.3) is 5.91 Å². The highest BCUT2D eigenvalue weighted by Gasteiger charge is 2.38. The molecule has 4 aromatic rings. The van der Waals surface area contributed by atoms with Crippen LogP contribution in [0.25, 0.3) is 22.1 Å². The molecule has 2 aliphatic rings. The van der Waals surface area contributed by atoms with Crippen LogP contribution in [0.1, 0.15) is 82.6 Å². The van der Waals surface area contributed by atoms with Crippen molar-refractivity contribution in [3.05, 3.63) is 86.9 Å². The SMILES string of the molecule is Cc1c(-c2c(C)c3c(c(C)c2[C@H](OC(C)(C)C)C(=O)O)CN(C(=O)c2cccc4ccoc24)C3)cc(F)c2c1CCCO2. The third kappa shape index (κ3) is 4.87. The Kier molecular flexibility index (Phi) is 7.08. The molecule has 7 nitrogen and oxygen atoms in total. The van der Waals surface area contributed by atoms with Gasteiger partial charge < -0.3 is 23.9 Å². The maximum atomic E-state index is 15.6. The van der Waals surface area contributed by atoms with Crippen LogP contribution in [0.15, 0.2) is 41.0 Å². The zero-order valence-electron chi connectivity index (χ0n) is 25.4. The molecule has 0 saturated heterocycles. The van der Waals surface area contributed by atoms with Crippen molar-refractivity contribution in [1.29, 1.82) is 0 Å². The van der Waals surface area contributed by atoms with Gasteiger partial charge in [0.15, 0.2) is 17.7 Å². The van der Waals surface area contributed by atoms with Gasteiger partial charge in [0.1, 0.15) is 5.58 Å². The molecule has 8 heteroatoms. The molecular weight excluding hydrogens is 549 g/mol. The summed E-state index contributed by atoms with van der Waals surface area (Å²) in [5.41, 5.74) is 7.00. The van der Waals surface area contributed by atoms with Crippen LogP contribution in [-0.2, 0) is 29.0 Å². The number of nitrogens with zero attached hydrogens (tertiary/aromatic N) is 1. The number of hydrogen-bond acceptors (Lipinski definition) is 5. The lowest BCUT2D eigenvalue weighted by Crippen LogP contribution is -2.29. The Morgan fingerprint density at radius 1 is 1.02 bits per heavy atom. The summed E-state index contributed by atoms with van der Waals surface area (Å²) in [6.45, 7) is 12.3. The number of carboxylic acids is 1. The van der Waals surface area contributed by atoms with Crippen molar-refractivity contribution in [1.82, 2.24) is 4.90 Å². The van der Waals surface area contributed by atoms with Crippen molar-refractivity contribution >= 4 is 22.8 Å². The second kappa shape index (κ2) is 10.5. The smallest absolute Gasteiger partial charge is 0.337 e. The first-order valence-corrected chi connectivity index (χ1v) is 14.6. The summed E-state index contributed by atoms with van der Waals surface area (Å²) in [4.78, 5) is 28.5. The largest absolute Gasteiger partial charge is 0.490 e. The number of para-hydroxylation sites is 1. The molecule has 3 aromatic carbocycles. The fraction of sp³-hybridized carbons (Fsp3) is 0.371. The Bertz CT molecular complexity index is 1800. The van der Waals surface area contributed by atoms with Crippen molar-refractivity contribution in [3.63, 3.8) is 0 Å². The number of fused-ring (bicyclic) bond motifs is 3. The average Bonchev–Trinajstić information content (AvgIpc) is 3.63. The van der Waals surface area contributed by atoms with Gasteiger partial charge in [-0.05, 0) is 112 Å². The van der Waals surface area contributed by atoms with Crippen LogP contribution in [0.4, 0.5) is 4.39 Å². The highest BCUT2D eigenvalue weighted by Crippen LogP contribution is 2.47. The van der Waals surface area contributed by atoms with Crippen LogP contribution in [0.3, 0.4) is 0 Å². The maximum absolute atomic E-state index is 15.6. The molecule has 0 fully saturated rings. The van der Waals surface area contributed by atoms with Crippen molar-refractivity contribution in [2.24, 2.45) is 0 Å². The Balaban J connectivity index is 1.56. The molecule has 1 N–H and O–H groups in total. The van der Waals surface area contributed by atoms with Crippen LogP contribution in [0.2, 0.25) is 0 Å². The lowest BCUT2D eigenvalue weighted by Gasteiger charge is -2.31. The number of halogens is 1. The van der Waals surface area contributed by atoms with E-state index in [1.54, 1.807) is 17.2 Å². The standard InChI is InChI=1S/C35H36FNO6/c1-18-22-11-8-13-41-31(22)27(36)15-24(18)28-19(2)25-16-37(33(38)23-10-7-9-21-12-14-42-30(21)23)17-26(25)20(3)29(28)32(34(39)40)43-35(4,5)6/h7,9-10,12,14-15,32H,8,11,13,16-17H2,1-6H3,(H,39,40)/t32-/m0/s1. The van der Waals surface area contributed by atoms with Gasteiger partial charge in [0.2, 0.25) is 0 Å². The molecule has 6 rings (SSSR count). The fourth-order valence-corrected chi connectivity index (χ4v) is 6.68. The van der Waals surface area contributed by atoms with Crippen LogP contribution >= 0.6 is 0 Å². The number of hydrogen-bond donors (Lipinski definition) is 1. The van der Waals surface area contributed by atoms with E-state index in [9.17, 15) is 14.7 Å². The first-order chi connectivity index (χ1) is 20.4. The lowest BCUT2D eigenvalue weighted by atomic mass is 9.81. The molecule has 0 bridgehead atoms. The summed E-state index contributed by atoms with van der Waals surface area (Å²) in [7, 11) is 0. The Hall–Kier alpha value is -4.17. The van der Waals surface area contributed by atoms with Crippen LogP contribution in [0, 0.1) is 26.6 Å². The number of carbonyl (C=O) groups is 2. The summed E-state index contributed by atoms with van der Waals surface area (Å²) >= 11 is 0. The molecule has 2 aliphatic heterocycles. The summed E-state index contributed by atoms with van der Waals surface area (Å²) in [5, 5.41) is 11.4. The number of furan rings is 1. The van der Waals surface area contributed by atoms with E-state index in [1.165, 1.54) is 6.07 Å². The number of carbonyl (C=O) groups excluding carboxylic acids is 1. The van der Waals surface area contributed by atoms with Gasteiger partial charge in [-0.25, -0.2) is 9.18 Å². The number of benzene rings is 3. The number of rotatable bonds is 5. The summed E-state index contributed by atoms with van der Waals surface area (Å²) in [6, 6.07) is 8.77. The monoisotopic (exact) mass is 585 g/mol. The zero-order chi connectivity index (χ0) is 30.8. The Morgan fingerprint density at radius 2 is 1.74 bits per heavy atom. The van der Waals surface area contributed by atoms with Crippen LogP contribution in [0.5, 0.6) is 5.75 Å². The zero-order valence-corrected chi connectivity index (χ0v) is 25.4. The topological polar surface area (TPSA) is 89.2 Å². The third-order valence-corrected chi connectivity index (χ3v) is 8.68. The molecule has 0 spiro atoms. The third-order valence-electron chi connectivity index (χ3n) is 8.68. The van der Waals surface area contributed by atoms with E-state index in [4.69, 9.17) is 13.9 Å². The minimum atomic E-state index is -1.31. The first kappa shape index (κ1) is 28.9. The van der Waals surface area contributed by atoms with E-state index < -0.39 is 23.5 Å². The molecule has 1 aromatic heterocycles. The number of carboxylic acid groups (broad SMARTS) is 1. The van der Waals surface area contributed by atoms with Crippen molar-refractivity contribution in [2.45, 2.75) is 79.2 Å². The highest BCUT2D eigenvalue weighted by molar-refractivity contribution is 6.05. The van der Waals surface area contributed by atoms with Gasteiger partial charge >= 0.3 is 5.97 Å². The number of aliphatic carboxylic acids is 1. The molecule has 1 amide bonds. The van der Waals surface area contributed by atoms with E-state index in [0.717, 1.165) is 45.2 Å². The minimum absolute atomic E-state index is 0.174. The molecular formula is C35H36FNO6. The Labute approximate surface area is 250 Å². The van der Waals surface area contributed by atoms with E-state index >= 15 is 4.39 Å². The van der Waals surface area contributed by atoms with Crippen molar-refractivity contribution in [3.8, 4) is 16.9 Å². The predicted octanol–water partition coefficient (Wildman–Crippen LogP) is 7.59. The molecule has 0 aliphatic carbocycles. The summed E-state index contributed by atoms with van der Waals surface area (Å²) in [5.74, 6) is -1.50. The molecule has 224 valence electrons. The molecule has 0 radical (unpaired) electrons. The maximum Gasteiger partial charge on any atom is 0.337 e. The fourth-order valence-electron chi connectivity index (χ4n) is 6.68. The first-order valence-electron chi connectivity index (χ1n) is 14.6. The van der Waals surface area contributed by atoms with Gasteiger partial charge in [0.05, 0.1) is 24.0 Å². The van der Waals surface area contributed by atoms with E-state index in [2.05, 4.69) is 0 Å². The van der Waals surface area contributed by atoms with E-state index in [-0.39, 0.29) is 11.7 Å². The molecule has 0 unspecified atom stereocenters. The van der Waals surface area contributed by atoms with Crippen molar-refractivity contribution in [2.75, 3.05) is 6.61 Å². The van der Waals surface area contributed by atoms with Crippen LogP contribution in [-0.4, -0.2) is 34.1 Å². The Morgan fingerprint density at radius 3 is 2.44 bits per heavy atom. The van der Waals surface area contributed by atoms with E-state index in [1.807, 2.05) is 59.7 Å². The van der Waals surface area contributed by atoms with Gasteiger partial charge in [-0.1, -0.05) is 12.1 Å². The van der Waals surface area contributed by atoms with Crippen LogP contribution < -0.4 is 4.74 Å². The van der Waals surface area contributed by atoms with Gasteiger partial charge in [-0.2, -0.15) is 0 Å². The minimum Gasteiger partial charge on any atom is -0.490 e. The second-order valence-corrected chi connectivity index (χ2v) is 12.5. The predicted molar refractivity (Wildman–Crippen MR) is 161 cm³/mol. The normalized spacial score (nSPS) is 15.3. The van der Waals surface area contributed by atoms with Gasteiger partial charge in [-0.15, -0.1) is 0 Å². The molecule has 3 heterocycles. The number of ether oxygens (including phenoxy) is 2. The molecule has 43 heavy (non-hydrogen) atoms. The summed E-state index contributed by atoms with van der Waals surface area (Å²) < 4.78 is 33.1. The quantitative estimate of drug-likeness (QED) is 0.260.